The Morgan fingerprint density at radius 1 is 1.28 bits per heavy atom. The number of hydrogen-bond donors (Lipinski definition) is 1. The number of nitrogens with two attached hydrogens (primary N) is 1. The summed E-state index contributed by atoms with van der Waals surface area (Å²) in [6.45, 7) is 0. The number of carbonyl (C=O) groups is 1. The van der Waals surface area contributed by atoms with E-state index in [9.17, 15) is 4.79 Å². The Kier molecular flexibility index (Phi) is 3.13. The Bertz CT molecular complexity index is 562. The normalized spacial score (nSPS) is 10.1. The van der Waals surface area contributed by atoms with Crippen molar-refractivity contribution in [2.75, 3.05) is 20.0 Å². The van der Waals surface area contributed by atoms with Gasteiger partial charge >= 0.3 is 5.97 Å². The number of rotatable bonds is 3. The molecule has 0 unspecified atom stereocenters. The number of hydrogen-bond acceptors (Lipinski definition) is 6. The number of ether oxygens (including phenoxy) is 2. The van der Waals surface area contributed by atoms with Gasteiger partial charge in [0.1, 0.15) is 5.75 Å². The minimum atomic E-state index is -0.618. The van der Waals surface area contributed by atoms with Crippen molar-refractivity contribution in [3.05, 3.63) is 30.0 Å². The van der Waals surface area contributed by atoms with Crippen molar-refractivity contribution in [2.45, 2.75) is 0 Å². The van der Waals surface area contributed by atoms with Gasteiger partial charge < -0.3 is 15.2 Å². The number of anilines is 1. The summed E-state index contributed by atoms with van der Waals surface area (Å²) in [6, 6.07) is 7.03. The van der Waals surface area contributed by atoms with Crippen LogP contribution in [0.4, 0.5) is 5.82 Å². The molecule has 2 aromatic rings. The zero-order valence-electron chi connectivity index (χ0n) is 9.95. The number of nitrogen functional groups attached to an aromatic ring is 1. The second-order valence-electron chi connectivity index (χ2n) is 3.42. The van der Waals surface area contributed by atoms with E-state index in [4.69, 9.17) is 10.5 Å². The molecule has 2 rings (SSSR count). The van der Waals surface area contributed by atoms with Crippen molar-refractivity contribution in [2.24, 2.45) is 0 Å². The first-order valence-electron chi connectivity index (χ1n) is 5.11. The second-order valence-corrected chi connectivity index (χ2v) is 3.42. The van der Waals surface area contributed by atoms with Gasteiger partial charge in [0, 0.05) is 0 Å². The fraction of sp³-hybridized carbons (Fsp3) is 0.182. The third-order valence-electron chi connectivity index (χ3n) is 2.40. The molecule has 7 nitrogen and oxygen atoms in total. The van der Waals surface area contributed by atoms with Crippen molar-refractivity contribution in [1.29, 1.82) is 0 Å². The molecule has 0 amide bonds. The highest BCUT2D eigenvalue weighted by Crippen LogP contribution is 2.18. The van der Waals surface area contributed by atoms with E-state index in [2.05, 4.69) is 15.0 Å². The summed E-state index contributed by atoms with van der Waals surface area (Å²) in [5, 5.41) is 7.50. The molecule has 0 aliphatic carbocycles. The van der Waals surface area contributed by atoms with Gasteiger partial charge in [-0.05, 0) is 24.3 Å². The molecular weight excluding hydrogens is 236 g/mol. The Hall–Kier alpha value is -2.57. The van der Waals surface area contributed by atoms with Gasteiger partial charge in [-0.1, -0.05) is 5.21 Å². The van der Waals surface area contributed by atoms with Gasteiger partial charge in [-0.25, -0.2) is 4.79 Å². The molecule has 1 aromatic heterocycles. The number of carbonyl (C=O) groups excluding carboxylic acids is 1. The standard InChI is InChI=1S/C11H12N4O3/c1-17-8-5-3-7(4-6-8)15-10(12)9(13-14-15)11(16)18-2/h3-6H,12H2,1-2H3. The largest absolute Gasteiger partial charge is 0.497 e. The predicted octanol–water partition coefficient (Wildman–Crippen LogP) is 0.645. The highest BCUT2D eigenvalue weighted by molar-refractivity contribution is 5.92. The summed E-state index contributed by atoms with van der Waals surface area (Å²) in [6.07, 6.45) is 0. The average molecular weight is 248 g/mol. The molecule has 0 radical (unpaired) electrons. The third kappa shape index (κ3) is 1.97. The smallest absolute Gasteiger partial charge is 0.362 e. The topological polar surface area (TPSA) is 92.3 Å². The number of aromatic nitrogens is 3. The van der Waals surface area contributed by atoms with Crippen LogP contribution in [0, 0.1) is 0 Å². The van der Waals surface area contributed by atoms with Gasteiger partial charge in [0.05, 0.1) is 19.9 Å². The lowest BCUT2D eigenvalue weighted by atomic mass is 10.3. The molecule has 0 aliphatic heterocycles. The molecule has 2 N–H and O–H groups in total. The summed E-state index contributed by atoms with van der Waals surface area (Å²) in [4.78, 5) is 11.3. The molecule has 0 fully saturated rings. The molecule has 1 heterocycles. The summed E-state index contributed by atoms with van der Waals surface area (Å²) in [7, 11) is 2.84. The SMILES string of the molecule is COC(=O)c1nnn(-c2ccc(OC)cc2)c1N. The lowest BCUT2D eigenvalue weighted by Gasteiger charge is -2.04. The third-order valence-corrected chi connectivity index (χ3v) is 2.40. The van der Waals surface area contributed by atoms with Crippen molar-refractivity contribution in [3.8, 4) is 11.4 Å². The molecular formula is C11H12N4O3. The van der Waals surface area contributed by atoms with E-state index < -0.39 is 5.97 Å². The molecule has 0 saturated carbocycles. The minimum absolute atomic E-state index is 0.00619. The Labute approximate surface area is 103 Å². The van der Waals surface area contributed by atoms with E-state index >= 15 is 0 Å². The molecule has 0 atom stereocenters. The van der Waals surface area contributed by atoms with Crippen molar-refractivity contribution < 1.29 is 14.3 Å². The van der Waals surface area contributed by atoms with Gasteiger partial charge in [-0.3, -0.25) is 0 Å². The minimum Gasteiger partial charge on any atom is -0.497 e. The van der Waals surface area contributed by atoms with Crippen LogP contribution in [0.15, 0.2) is 24.3 Å². The first-order valence-corrected chi connectivity index (χ1v) is 5.11. The van der Waals surface area contributed by atoms with Crippen LogP contribution in [0.1, 0.15) is 10.5 Å². The van der Waals surface area contributed by atoms with Crippen LogP contribution in [0.2, 0.25) is 0 Å². The Morgan fingerprint density at radius 3 is 2.50 bits per heavy atom. The Morgan fingerprint density at radius 2 is 1.94 bits per heavy atom. The van der Waals surface area contributed by atoms with Crippen LogP contribution in [0.5, 0.6) is 5.75 Å². The maximum atomic E-state index is 11.3. The van der Waals surface area contributed by atoms with Crippen LogP contribution in [0.25, 0.3) is 5.69 Å². The fourth-order valence-corrected chi connectivity index (χ4v) is 1.45. The highest BCUT2D eigenvalue weighted by Gasteiger charge is 2.18. The lowest BCUT2D eigenvalue weighted by molar-refractivity contribution is 0.0595. The van der Waals surface area contributed by atoms with Crippen LogP contribution in [-0.2, 0) is 4.74 Å². The number of benzene rings is 1. The first kappa shape index (κ1) is 11.9. The van der Waals surface area contributed by atoms with Crippen molar-refractivity contribution >= 4 is 11.8 Å². The van der Waals surface area contributed by atoms with Gasteiger partial charge in [0.15, 0.2) is 5.82 Å². The average Bonchev–Trinajstić information content (AvgIpc) is 2.80. The van der Waals surface area contributed by atoms with Crippen molar-refractivity contribution in [1.82, 2.24) is 15.0 Å². The van der Waals surface area contributed by atoms with E-state index in [1.54, 1.807) is 31.4 Å². The lowest BCUT2D eigenvalue weighted by Crippen LogP contribution is -2.07. The van der Waals surface area contributed by atoms with E-state index in [-0.39, 0.29) is 11.5 Å². The van der Waals surface area contributed by atoms with Crippen molar-refractivity contribution in [3.63, 3.8) is 0 Å². The molecule has 0 aliphatic rings. The molecule has 0 saturated heterocycles. The summed E-state index contributed by atoms with van der Waals surface area (Å²) >= 11 is 0. The van der Waals surface area contributed by atoms with Crippen LogP contribution in [0.3, 0.4) is 0 Å². The number of esters is 1. The predicted molar refractivity (Wildman–Crippen MR) is 63.7 cm³/mol. The zero-order valence-corrected chi connectivity index (χ0v) is 9.95. The second kappa shape index (κ2) is 4.74. The summed E-state index contributed by atoms with van der Waals surface area (Å²) < 4.78 is 10.9. The summed E-state index contributed by atoms with van der Waals surface area (Å²) in [5.41, 5.74) is 6.46. The van der Waals surface area contributed by atoms with Gasteiger partial charge in [-0.15, -0.1) is 5.10 Å². The molecule has 1 aromatic carbocycles. The zero-order chi connectivity index (χ0) is 13.1. The van der Waals surface area contributed by atoms with E-state index in [1.807, 2.05) is 0 Å². The van der Waals surface area contributed by atoms with E-state index in [0.717, 1.165) is 0 Å². The molecule has 0 spiro atoms. The molecule has 7 heteroatoms. The van der Waals surface area contributed by atoms with Gasteiger partial charge in [0.25, 0.3) is 0 Å². The van der Waals surface area contributed by atoms with Gasteiger partial charge in [0.2, 0.25) is 5.69 Å². The molecule has 94 valence electrons. The molecule has 0 bridgehead atoms. The highest BCUT2D eigenvalue weighted by atomic mass is 16.5. The fourth-order valence-electron chi connectivity index (χ4n) is 1.45. The van der Waals surface area contributed by atoms with E-state index in [0.29, 0.717) is 11.4 Å². The number of nitrogens with zero attached hydrogens (tertiary/aromatic N) is 3. The number of methoxy groups -OCH3 is 2. The van der Waals surface area contributed by atoms with E-state index in [1.165, 1.54) is 11.8 Å². The van der Waals surface area contributed by atoms with Crippen LogP contribution < -0.4 is 10.5 Å². The monoisotopic (exact) mass is 248 g/mol. The van der Waals surface area contributed by atoms with Gasteiger partial charge in [-0.2, -0.15) is 4.68 Å². The quantitative estimate of drug-likeness (QED) is 0.801. The first-order chi connectivity index (χ1) is 8.67. The Balaban J connectivity index is 2.39. The van der Waals surface area contributed by atoms with Crippen LogP contribution in [-0.4, -0.2) is 35.2 Å². The maximum absolute atomic E-state index is 11.3. The maximum Gasteiger partial charge on any atom is 0.362 e. The molecule has 18 heavy (non-hydrogen) atoms. The summed E-state index contributed by atoms with van der Waals surface area (Å²) in [5.74, 6) is 0.227. The van der Waals surface area contributed by atoms with Crippen LogP contribution >= 0.6 is 0 Å².